The number of aryl methyl sites for hydroxylation is 2. The Morgan fingerprint density at radius 1 is 1.12 bits per heavy atom. The van der Waals surface area contributed by atoms with Gasteiger partial charge in [0, 0.05) is 6.54 Å². The van der Waals surface area contributed by atoms with E-state index >= 15 is 0 Å². The van der Waals surface area contributed by atoms with Gasteiger partial charge < -0.3 is 14.2 Å². The molecule has 0 spiro atoms. The number of rotatable bonds is 7. The molecule has 0 saturated carbocycles. The Labute approximate surface area is 147 Å². The second-order valence-corrected chi connectivity index (χ2v) is 7.59. The Hall–Kier alpha value is -2.25. The highest BCUT2D eigenvalue weighted by Gasteiger charge is 2.15. The molecule has 2 aromatic carbocycles. The number of sulfonamides is 1. The highest BCUT2D eigenvalue weighted by Crippen LogP contribution is 2.32. The van der Waals surface area contributed by atoms with Crippen LogP contribution in [0.5, 0.6) is 17.2 Å². The van der Waals surface area contributed by atoms with E-state index in [0.717, 1.165) is 29.0 Å². The Bertz CT molecular complexity index is 864. The van der Waals surface area contributed by atoms with E-state index in [1.165, 1.54) is 0 Å². The Morgan fingerprint density at radius 2 is 1.92 bits per heavy atom. The van der Waals surface area contributed by atoms with Gasteiger partial charge in [0.1, 0.15) is 5.75 Å². The monoisotopic (exact) mass is 363 g/mol. The van der Waals surface area contributed by atoms with Gasteiger partial charge in [-0.15, -0.1) is 0 Å². The van der Waals surface area contributed by atoms with Crippen molar-refractivity contribution >= 4 is 10.0 Å². The highest BCUT2D eigenvalue weighted by molar-refractivity contribution is 7.89. The van der Waals surface area contributed by atoms with Crippen LogP contribution in [0.4, 0.5) is 0 Å². The minimum atomic E-state index is -3.52. The summed E-state index contributed by atoms with van der Waals surface area (Å²) in [7, 11) is -1.96. The van der Waals surface area contributed by atoms with Gasteiger partial charge in [0.25, 0.3) is 0 Å². The molecule has 0 unspecified atom stereocenters. The Balaban J connectivity index is 1.55. The molecule has 1 heterocycles. The first-order valence-corrected chi connectivity index (χ1v) is 9.51. The minimum absolute atomic E-state index is 0.244. The van der Waals surface area contributed by atoms with Crippen LogP contribution in [0.3, 0.4) is 0 Å². The van der Waals surface area contributed by atoms with Gasteiger partial charge >= 0.3 is 0 Å². The molecule has 0 amide bonds. The Kier molecular flexibility index (Phi) is 5.15. The summed E-state index contributed by atoms with van der Waals surface area (Å²) in [6.07, 6.45) is 1.44. The number of nitrogens with one attached hydrogen (secondary N) is 1. The molecule has 3 rings (SSSR count). The molecule has 6 nitrogen and oxygen atoms in total. The first-order chi connectivity index (χ1) is 12.0. The molecule has 0 aliphatic carbocycles. The molecule has 0 radical (unpaired) electrons. The molecule has 0 fully saturated rings. The van der Waals surface area contributed by atoms with Crippen molar-refractivity contribution in [2.24, 2.45) is 0 Å². The van der Waals surface area contributed by atoms with Crippen molar-refractivity contribution in [1.29, 1.82) is 0 Å². The molecule has 134 valence electrons. The molecule has 1 N–H and O–H groups in total. The summed E-state index contributed by atoms with van der Waals surface area (Å²) in [6, 6.07) is 10.6. The molecule has 25 heavy (non-hydrogen) atoms. The van der Waals surface area contributed by atoms with Gasteiger partial charge in [-0.2, -0.15) is 0 Å². The van der Waals surface area contributed by atoms with Crippen molar-refractivity contribution in [2.45, 2.75) is 24.7 Å². The molecule has 2 aromatic rings. The summed E-state index contributed by atoms with van der Waals surface area (Å²) in [5.74, 6) is 2.16. The summed E-state index contributed by atoms with van der Waals surface area (Å²) in [4.78, 5) is 0.244. The van der Waals surface area contributed by atoms with Crippen LogP contribution in [0.25, 0.3) is 0 Å². The largest absolute Gasteiger partial charge is 0.496 e. The van der Waals surface area contributed by atoms with Crippen LogP contribution in [0.15, 0.2) is 41.3 Å². The van der Waals surface area contributed by atoms with Crippen molar-refractivity contribution in [2.75, 3.05) is 20.4 Å². The van der Waals surface area contributed by atoms with Crippen LogP contribution in [0.2, 0.25) is 0 Å². The number of hydrogen-bond donors (Lipinski definition) is 1. The fourth-order valence-corrected chi connectivity index (χ4v) is 3.86. The predicted molar refractivity (Wildman–Crippen MR) is 93.8 cm³/mol. The van der Waals surface area contributed by atoms with Crippen molar-refractivity contribution < 1.29 is 22.6 Å². The van der Waals surface area contributed by atoms with E-state index in [0.29, 0.717) is 18.7 Å². The number of benzene rings is 2. The van der Waals surface area contributed by atoms with Gasteiger partial charge in [0.05, 0.1) is 12.0 Å². The lowest BCUT2D eigenvalue weighted by Crippen LogP contribution is -2.25. The van der Waals surface area contributed by atoms with Crippen molar-refractivity contribution in [1.82, 2.24) is 4.72 Å². The van der Waals surface area contributed by atoms with Crippen molar-refractivity contribution in [3.05, 3.63) is 47.5 Å². The van der Waals surface area contributed by atoms with Crippen molar-refractivity contribution in [3.63, 3.8) is 0 Å². The van der Waals surface area contributed by atoms with E-state index < -0.39 is 10.0 Å². The number of methoxy groups -OCH3 is 1. The number of fused-ring (bicyclic) bond motifs is 1. The molecular weight excluding hydrogens is 342 g/mol. The lowest BCUT2D eigenvalue weighted by molar-refractivity contribution is 0.174. The minimum Gasteiger partial charge on any atom is -0.496 e. The predicted octanol–water partition coefficient (Wildman–Crippen LogP) is 2.64. The molecule has 0 atom stereocenters. The molecule has 1 aliphatic rings. The Morgan fingerprint density at radius 3 is 2.68 bits per heavy atom. The summed E-state index contributed by atoms with van der Waals surface area (Å²) < 4.78 is 43.1. The van der Waals surface area contributed by atoms with Crippen LogP contribution in [-0.2, 0) is 16.4 Å². The zero-order chi connectivity index (χ0) is 17.9. The summed E-state index contributed by atoms with van der Waals surface area (Å²) in [5, 5.41) is 0. The first kappa shape index (κ1) is 17.6. The SMILES string of the molecule is COc1ccc(S(=O)(=O)NCCCc2ccc3c(c2)OCO3)cc1C. The van der Waals surface area contributed by atoms with Gasteiger partial charge in [-0.3, -0.25) is 0 Å². The maximum atomic E-state index is 12.4. The molecule has 1 aliphatic heterocycles. The van der Waals surface area contributed by atoms with Crippen LogP contribution < -0.4 is 18.9 Å². The molecule has 7 heteroatoms. The fraction of sp³-hybridized carbons (Fsp3) is 0.333. The lowest BCUT2D eigenvalue weighted by atomic mass is 10.1. The molecule has 0 bridgehead atoms. The lowest BCUT2D eigenvalue weighted by Gasteiger charge is -2.10. The summed E-state index contributed by atoms with van der Waals surface area (Å²) in [6.45, 7) is 2.43. The van der Waals surface area contributed by atoms with Crippen LogP contribution in [0, 0.1) is 6.92 Å². The molecule has 0 aromatic heterocycles. The third-order valence-electron chi connectivity index (χ3n) is 4.05. The average molecular weight is 363 g/mol. The first-order valence-electron chi connectivity index (χ1n) is 8.02. The number of ether oxygens (including phenoxy) is 3. The molecular formula is C18H21NO5S. The van der Waals surface area contributed by atoms with Crippen LogP contribution in [0.1, 0.15) is 17.5 Å². The second kappa shape index (κ2) is 7.33. The van der Waals surface area contributed by atoms with Gasteiger partial charge in [-0.05, 0) is 61.2 Å². The fourth-order valence-electron chi connectivity index (χ4n) is 2.70. The summed E-state index contributed by atoms with van der Waals surface area (Å²) >= 11 is 0. The van der Waals surface area contributed by atoms with Gasteiger partial charge in [0.2, 0.25) is 16.8 Å². The maximum absolute atomic E-state index is 12.4. The zero-order valence-electron chi connectivity index (χ0n) is 14.2. The van der Waals surface area contributed by atoms with E-state index in [2.05, 4.69) is 4.72 Å². The highest BCUT2D eigenvalue weighted by atomic mass is 32.2. The topological polar surface area (TPSA) is 73.9 Å². The van der Waals surface area contributed by atoms with E-state index in [1.807, 2.05) is 25.1 Å². The van der Waals surface area contributed by atoms with E-state index in [-0.39, 0.29) is 11.7 Å². The third-order valence-corrected chi connectivity index (χ3v) is 5.51. The molecule has 0 saturated heterocycles. The van der Waals surface area contributed by atoms with Gasteiger partial charge in [-0.1, -0.05) is 6.07 Å². The second-order valence-electron chi connectivity index (χ2n) is 5.82. The third kappa shape index (κ3) is 4.05. The van der Waals surface area contributed by atoms with Crippen LogP contribution >= 0.6 is 0 Å². The van der Waals surface area contributed by atoms with E-state index in [9.17, 15) is 8.42 Å². The smallest absolute Gasteiger partial charge is 0.240 e. The van der Waals surface area contributed by atoms with Gasteiger partial charge in [0.15, 0.2) is 11.5 Å². The zero-order valence-corrected chi connectivity index (χ0v) is 15.1. The van der Waals surface area contributed by atoms with E-state index in [1.54, 1.807) is 25.3 Å². The maximum Gasteiger partial charge on any atom is 0.240 e. The summed E-state index contributed by atoms with van der Waals surface area (Å²) in [5.41, 5.74) is 1.87. The quantitative estimate of drug-likeness (QED) is 0.766. The van der Waals surface area contributed by atoms with E-state index in [4.69, 9.17) is 14.2 Å². The number of hydrogen-bond acceptors (Lipinski definition) is 5. The van der Waals surface area contributed by atoms with Crippen molar-refractivity contribution in [3.8, 4) is 17.2 Å². The normalized spacial score (nSPS) is 13.0. The van der Waals surface area contributed by atoms with Gasteiger partial charge in [-0.25, -0.2) is 13.1 Å². The standard InChI is InChI=1S/C18H21NO5S/c1-13-10-15(6-8-16(13)22-2)25(20,21)19-9-3-4-14-5-7-17-18(11-14)24-12-23-17/h5-8,10-11,19H,3-4,9,12H2,1-2H3. The average Bonchev–Trinajstić information content (AvgIpc) is 3.06. The van der Waals surface area contributed by atoms with Crippen LogP contribution in [-0.4, -0.2) is 28.9 Å².